The Kier molecular flexibility index (Phi) is 7.31. The van der Waals surface area contributed by atoms with Gasteiger partial charge in [-0.1, -0.05) is 54.5 Å². The highest BCUT2D eigenvalue weighted by atomic mass is 32.2. The lowest BCUT2D eigenvalue weighted by Crippen LogP contribution is -2.15. The van der Waals surface area contributed by atoms with Crippen LogP contribution in [0.15, 0.2) is 83.8 Å². The standard InChI is InChI=1S/C27H22N2O6S/c1-3-26(35-19-34-2)27-22-14-8-10-16-24(22)28(36(32,33)21-12-5-4-6-13-21)25(27)18-17-20-11-7-9-15-23(20)29(30)31/h1,4-18,26H,19H2,2H3/b18-17+. The Bertz CT molecular complexity index is 1580. The minimum absolute atomic E-state index is 0.0766. The summed E-state index contributed by atoms with van der Waals surface area (Å²) in [6.07, 6.45) is 7.86. The van der Waals surface area contributed by atoms with E-state index in [0.717, 1.165) is 0 Å². The number of fused-ring (bicyclic) bond motifs is 1. The van der Waals surface area contributed by atoms with Crippen LogP contribution in [-0.2, 0) is 19.5 Å². The van der Waals surface area contributed by atoms with Gasteiger partial charge >= 0.3 is 0 Å². The van der Waals surface area contributed by atoms with Crippen molar-refractivity contribution in [1.82, 2.24) is 3.97 Å². The van der Waals surface area contributed by atoms with E-state index in [4.69, 9.17) is 15.9 Å². The number of ether oxygens (including phenoxy) is 2. The molecule has 0 aliphatic carbocycles. The molecular weight excluding hydrogens is 480 g/mol. The number of para-hydroxylation sites is 2. The molecule has 36 heavy (non-hydrogen) atoms. The molecule has 182 valence electrons. The van der Waals surface area contributed by atoms with Crippen LogP contribution >= 0.6 is 0 Å². The van der Waals surface area contributed by atoms with Crippen LogP contribution in [0.1, 0.15) is 22.9 Å². The number of nitrogens with zero attached hydrogens (tertiary/aromatic N) is 2. The van der Waals surface area contributed by atoms with Crippen molar-refractivity contribution in [2.45, 2.75) is 11.0 Å². The summed E-state index contributed by atoms with van der Waals surface area (Å²) < 4.78 is 39.7. The Morgan fingerprint density at radius 2 is 1.69 bits per heavy atom. The molecule has 4 aromatic rings. The number of terminal acetylenes is 1. The zero-order valence-corrected chi connectivity index (χ0v) is 20.1. The third-order valence-corrected chi connectivity index (χ3v) is 7.25. The Balaban J connectivity index is 2.06. The average Bonchev–Trinajstić information content (AvgIpc) is 3.23. The summed E-state index contributed by atoms with van der Waals surface area (Å²) in [6.45, 7) is -0.118. The van der Waals surface area contributed by atoms with E-state index in [9.17, 15) is 18.5 Å². The number of aromatic nitrogens is 1. The van der Waals surface area contributed by atoms with Gasteiger partial charge in [-0.05, 0) is 36.4 Å². The van der Waals surface area contributed by atoms with E-state index < -0.39 is 21.1 Å². The van der Waals surface area contributed by atoms with Crippen molar-refractivity contribution in [3.8, 4) is 12.3 Å². The molecule has 0 aliphatic rings. The van der Waals surface area contributed by atoms with Crippen molar-refractivity contribution in [2.75, 3.05) is 13.9 Å². The van der Waals surface area contributed by atoms with Gasteiger partial charge in [-0.15, -0.1) is 6.42 Å². The molecular formula is C27H22N2O6S. The predicted octanol–water partition coefficient (Wildman–Crippen LogP) is 5.25. The van der Waals surface area contributed by atoms with Gasteiger partial charge in [-0.25, -0.2) is 12.4 Å². The summed E-state index contributed by atoms with van der Waals surface area (Å²) in [5.41, 5.74) is 1.22. The van der Waals surface area contributed by atoms with Gasteiger partial charge in [0, 0.05) is 24.1 Å². The molecule has 0 fully saturated rings. The molecule has 0 saturated heterocycles. The van der Waals surface area contributed by atoms with Crippen LogP contribution in [0, 0.1) is 22.5 Å². The summed E-state index contributed by atoms with van der Waals surface area (Å²) in [5, 5.41) is 12.1. The molecule has 1 aromatic heterocycles. The zero-order valence-electron chi connectivity index (χ0n) is 19.3. The molecule has 0 saturated carbocycles. The fourth-order valence-corrected chi connectivity index (χ4v) is 5.51. The molecule has 0 bridgehead atoms. The number of nitro benzene ring substituents is 1. The molecule has 8 nitrogen and oxygen atoms in total. The number of benzene rings is 3. The van der Waals surface area contributed by atoms with E-state index in [1.54, 1.807) is 60.7 Å². The van der Waals surface area contributed by atoms with Gasteiger partial charge in [0.05, 0.1) is 26.6 Å². The minimum Gasteiger partial charge on any atom is -0.359 e. The number of hydrogen-bond acceptors (Lipinski definition) is 6. The van der Waals surface area contributed by atoms with Crippen molar-refractivity contribution in [3.05, 3.63) is 106 Å². The van der Waals surface area contributed by atoms with Crippen LogP contribution in [0.2, 0.25) is 0 Å². The lowest BCUT2D eigenvalue weighted by Gasteiger charge is -2.14. The van der Waals surface area contributed by atoms with E-state index in [0.29, 0.717) is 22.0 Å². The van der Waals surface area contributed by atoms with Crippen molar-refractivity contribution >= 4 is 38.8 Å². The highest BCUT2D eigenvalue weighted by Gasteiger charge is 2.29. The molecule has 0 N–H and O–H groups in total. The fraction of sp³-hybridized carbons (Fsp3) is 0.111. The minimum atomic E-state index is -4.09. The van der Waals surface area contributed by atoms with Gasteiger partial charge in [0.25, 0.3) is 15.7 Å². The summed E-state index contributed by atoms with van der Waals surface area (Å²) in [7, 11) is -2.64. The molecule has 4 rings (SSSR count). The highest BCUT2D eigenvalue weighted by Crippen LogP contribution is 2.37. The van der Waals surface area contributed by atoms with E-state index in [-0.39, 0.29) is 23.1 Å². The second kappa shape index (κ2) is 10.6. The van der Waals surface area contributed by atoms with Crippen LogP contribution in [-0.4, -0.2) is 31.2 Å². The zero-order chi connectivity index (χ0) is 25.7. The van der Waals surface area contributed by atoms with Crippen LogP contribution in [0.25, 0.3) is 23.1 Å². The molecule has 1 unspecified atom stereocenters. The van der Waals surface area contributed by atoms with E-state index in [1.807, 2.05) is 0 Å². The fourth-order valence-electron chi connectivity index (χ4n) is 3.96. The largest absolute Gasteiger partial charge is 0.359 e. The second-order valence-corrected chi connectivity index (χ2v) is 9.45. The molecule has 1 atom stereocenters. The highest BCUT2D eigenvalue weighted by molar-refractivity contribution is 7.90. The molecule has 0 amide bonds. The van der Waals surface area contributed by atoms with Gasteiger partial charge in [-0.3, -0.25) is 10.1 Å². The molecule has 0 aliphatic heterocycles. The first-order valence-corrected chi connectivity index (χ1v) is 12.3. The van der Waals surface area contributed by atoms with E-state index >= 15 is 0 Å². The normalized spacial score (nSPS) is 12.6. The first-order valence-electron chi connectivity index (χ1n) is 10.8. The van der Waals surface area contributed by atoms with E-state index in [1.165, 1.54) is 41.4 Å². The van der Waals surface area contributed by atoms with Crippen molar-refractivity contribution < 1.29 is 22.8 Å². The third kappa shape index (κ3) is 4.65. The van der Waals surface area contributed by atoms with E-state index in [2.05, 4.69) is 5.92 Å². The van der Waals surface area contributed by atoms with Gasteiger partial charge in [-0.2, -0.15) is 0 Å². The predicted molar refractivity (Wildman–Crippen MR) is 138 cm³/mol. The Hall–Kier alpha value is -4.23. The lowest BCUT2D eigenvalue weighted by atomic mass is 10.0. The summed E-state index contributed by atoms with van der Waals surface area (Å²) in [6, 6.07) is 21.1. The molecule has 9 heteroatoms. The van der Waals surface area contributed by atoms with Crippen molar-refractivity contribution in [1.29, 1.82) is 0 Å². The van der Waals surface area contributed by atoms with Crippen LogP contribution in [0.4, 0.5) is 5.69 Å². The first-order chi connectivity index (χ1) is 17.4. The van der Waals surface area contributed by atoms with Gasteiger partial charge in [0.1, 0.15) is 12.9 Å². The van der Waals surface area contributed by atoms with Gasteiger partial charge in [0.15, 0.2) is 0 Å². The Morgan fingerprint density at radius 3 is 2.39 bits per heavy atom. The van der Waals surface area contributed by atoms with Gasteiger partial charge in [0.2, 0.25) is 0 Å². The number of methoxy groups -OCH3 is 1. The topological polar surface area (TPSA) is 101 Å². The maximum Gasteiger partial charge on any atom is 0.276 e. The lowest BCUT2D eigenvalue weighted by molar-refractivity contribution is -0.385. The second-order valence-electron chi connectivity index (χ2n) is 7.67. The number of rotatable bonds is 9. The van der Waals surface area contributed by atoms with Crippen LogP contribution in [0.3, 0.4) is 0 Å². The number of hydrogen-bond donors (Lipinski definition) is 0. The summed E-state index contributed by atoms with van der Waals surface area (Å²) >= 11 is 0. The van der Waals surface area contributed by atoms with Gasteiger partial charge < -0.3 is 9.47 Å². The van der Waals surface area contributed by atoms with Crippen molar-refractivity contribution in [2.24, 2.45) is 0 Å². The molecule has 1 heterocycles. The summed E-state index contributed by atoms with van der Waals surface area (Å²) in [5.74, 6) is 2.57. The van der Waals surface area contributed by atoms with Crippen LogP contribution < -0.4 is 0 Å². The molecule has 0 radical (unpaired) electrons. The SMILES string of the molecule is C#CC(OCOC)c1c(/C=C/c2ccccc2[N+](=O)[O-])n(S(=O)(=O)c2ccccc2)c2ccccc12. The smallest absolute Gasteiger partial charge is 0.276 e. The maximum absolute atomic E-state index is 13.9. The monoisotopic (exact) mass is 502 g/mol. The third-order valence-electron chi connectivity index (χ3n) is 5.51. The Labute approximate surface area is 208 Å². The first kappa shape index (κ1) is 24.9. The van der Waals surface area contributed by atoms with Crippen LogP contribution in [0.5, 0.6) is 0 Å². The number of nitro groups is 1. The molecule has 0 spiro atoms. The summed E-state index contributed by atoms with van der Waals surface area (Å²) in [4.78, 5) is 11.1. The van der Waals surface area contributed by atoms with Crippen molar-refractivity contribution in [3.63, 3.8) is 0 Å². The average molecular weight is 503 g/mol. The molecule has 3 aromatic carbocycles. The Morgan fingerprint density at radius 1 is 1.03 bits per heavy atom. The maximum atomic E-state index is 13.9. The quantitative estimate of drug-likeness (QED) is 0.134.